The number of Topliss-reactive ketones (excluding diaryl/α,β-unsaturated/α-hetero) is 2. The fourth-order valence-electron chi connectivity index (χ4n) is 7.07. The van der Waals surface area contributed by atoms with E-state index in [1.807, 2.05) is 37.3 Å². The third-order valence-corrected chi connectivity index (χ3v) is 11.9. The summed E-state index contributed by atoms with van der Waals surface area (Å²) in [6.45, 7) is 4.18. The van der Waals surface area contributed by atoms with Gasteiger partial charge in [-0.1, -0.05) is 30.3 Å². The molecule has 1 amide bonds. The minimum Gasteiger partial charge on any atom is -0.379 e. The van der Waals surface area contributed by atoms with E-state index in [1.54, 1.807) is 30.3 Å². The van der Waals surface area contributed by atoms with Crippen LogP contribution in [0.25, 0.3) is 11.1 Å². The standard InChI is InChI=1S/C37H44N4O6S/c1-24-5-11-31(48(45,46)41-13-15-47-16-14-41)21-33(24)28-4-2-3-26(17-28)18-29(19-35(42)27-8-6-25(22-38)7-9-27)37(44)40-30-10-12-32-34(20-30)39-23-36(32)43/h2-5,10-12,17,20-21,25,27,29,39H,6-9,13-16,18-19,22-23,38H2,1H3,(H,40,44)/t25?,27?,29-/m1/s1. The zero-order valence-corrected chi connectivity index (χ0v) is 28.2. The smallest absolute Gasteiger partial charge is 0.243 e. The van der Waals surface area contributed by atoms with Gasteiger partial charge in [0.1, 0.15) is 5.78 Å². The number of sulfonamides is 1. The van der Waals surface area contributed by atoms with Gasteiger partial charge in [-0.3, -0.25) is 14.4 Å². The number of carbonyl (C=O) groups excluding carboxylic acids is 3. The van der Waals surface area contributed by atoms with Crippen LogP contribution in [0.15, 0.2) is 65.6 Å². The van der Waals surface area contributed by atoms with Crippen molar-refractivity contribution in [3.05, 3.63) is 77.4 Å². The maximum Gasteiger partial charge on any atom is 0.243 e. The number of ether oxygens (including phenoxy) is 1. The highest BCUT2D eigenvalue weighted by molar-refractivity contribution is 7.89. The highest BCUT2D eigenvalue weighted by atomic mass is 32.2. The fraction of sp³-hybridized carbons (Fsp3) is 0.432. The zero-order valence-electron chi connectivity index (χ0n) is 27.4. The van der Waals surface area contributed by atoms with Crippen LogP contribution in [0.5, 0.6) is 0 Å². The first kappa shape index (κ1) is 34.0. The Bertz CT molecular complexity index is 1790. The topological polar surface area (TPSA) is 148 Å². The van der Waals surface area contributed by atoms with E-state index in [9.17, 15) is 22.8 Å². The molecule has 2 aliphatic heterocycles. The molecule has 0 radical (unpaired) electrons. The molecule has 1 saturated carbocycles. The second kappa shape index (κ2) is 14.7. The summed E-state index contributed by atoms with van der Waals surface area (Å²) in [5.74, 6) is -0.416. The number of ketones is 2. The molecule has 254 valence electrons. The Morgan fingerprint density at radius 1 is 1.00 bits per heavy atom. The van der Waals surface area contributed by atoms with Gasteiger partial charge in [0, 0.05) is 48.3 Å². The number of hydrogen-bond acceptors (Lipinski definition) is 8. The number of benzene rings is 3. The summed E-state index contributed by atoms with van der Waals surface area (Å²) < 4.78 is 33.7. The Kier molecular flexibility index (Phi) is 10.4. The first-order chi connectivity index (χ1) is 23.1. The van der Waals surface area contributed by atoms with Gasteiger partial charge in [0.2, 0.25) is 15.9 Å². The van der Waals surface area contributed by atoms with Crippen molar-refractivity contribution in [3.63, 3.8) is 0 Å². The van der Waals surface area contributed by atoms with Crippen molar-refractivity contribution in [2.24, 2.45) is 23.5 Å². The third kappa shape index (κ3) is 7.54. The SMILES string of the molecule is Cc1ccc(S(=O)(=O)N2CCOCC2)cc1-c1cccc(C[C@H](CC(=O)C2CCC(CN)CC2)C(=O)Nc2ccc3c(c2)NCC3=O)c1. The Morgan fingerprint density at radius 3 is 2.52 bits per heavy atom. The molecule has 11 heteroatoms. The van der Waals surface area contributed by atoms with Crippen LogP contribution in [0, 0.1) is 24.7 Å². The van der Waals surface area contributed by atoms with Crippen LogP contribution in [-0.4, -0.2) is 69.6 Å². The number of fused-ring (bicyclic) bond motifs is 1. The van der Waals surface area contributed by atoms with Gasteiger partial charge in [-0.25, -0.2) is 8.42 Å². The van der Waals surface area contributed by atoms with Crippen LogP contribution < -0.4 is 16.4 Å². The molecule has 3 aliphatic rings. The first-order valence-corrected chi connectivity index (χ1v) is 18.3. The molecule has 48 heavy (non-hydrogen) atoms. The van der Waals surface area contributed by atoms with Gasteiger partial charge in [-0.2, -0.15) is 4.31 Å². The molecule has 0 unspecified atom stereocenters. The highest BCUT2D eigenvalue weighted by Gasteiger charge is 2.31. The van der Waals surface area contributed by atoms with Crippen molar-refractivity contribution in [1.82, 2.24) is 4.31 Å². The average molecular weight is 673 g/mol. The van der Waals surface area contributed by atoms with E-state index in [2.05, 4.69) is 10.6 Å². The normalized spacial score (nSPS) is 20.5. The fourth-order valence-corrected chi connectivity index (χ4v) is 8.51. The molecule has 2 fully saturated rings. The number of nitrogens with one attached hydrogen (secondary N) is 2. The van der Waals surface area contributed by atoms with E-state index >= 15 is 0 Å². The predicted molar refractivity (Wildman–Crippen MR) is 185 cm³/mol. The lowest BCUT2D eigenvalue weighted by atomic mass is 9.77. The quantitative estimate of drug-likeness (QED) is 0.263. The summed E-state index contributed by atoms with van der Waals surface area (Å²) in [7, 11) is -3.68. The van der Waals surface area contributed by atoms with Crippen molar-refractivity contribution in [1.29, 1.82) is 0 Å². The number of rotatable bonds is 11. The molecule has 0 spiro atoms. The van der Waals surface area contributed by atoms with Crippen LogP contribution in [-0.2, 0) is 30.8 Å². The Hall–Kier alpha value is -3.90. The second-order valence-corrected chi connectivity index (χ2v) is 15.2. The van der Waals surface area contributed by atoms with Crippen LogP contribution in [0.2, 0.25) is 0 Å². The van der Waals surface area contributed by atoms with E-state index in [0.717, 1.165) is 47.9 Å². The van der Waals surface area contributed by atoms with E-state index < -0.39 is 15.9 Å². The molecule has 3 aromatic carbocycles. The molecule has 3 aromatic rings. The van der Waals surface area contributed by atoms with Crippen LogP contribution in [0.4, 0.5) is 11.4 Å². The zero-order chi connectivity index (χ0) is 33.8. The molecule has 2 heterocycles. The maximum absolute atomic E-state index is 13.9. The number of aryl methyl sites for hydroxylation is 1. The molecule has 6 rings (SSSR count). The van der Waals surface area contributed by atoms with Crippen molar-refractivity contribution >= 4 is 38.9 Å². The van der Waals surface area contributed by atoms with Crippen molar-refractivity contribution in [3.8, 4) is 11.1 Å². The highest BCUT2D eigenvalue weighted by Crippen LogP contribution is 2.33. The number of hydrogen-bond donors (Lipinski definition) is 3. The van der Waals surface area contributed by atoms with Gasteiger partial charge in [0.05, 0.1) is 24.7 Å². The van der Waals surface area contributed by atoms with Gasteiger partial charge in [-0.15, -0.1) is 0 Å². The molecule has 1 aliphatic carbocycles. The Labute approximate surface area is 282 Å². The molecule has 1 saturated heterocycles. The minimum absolute atomic E-state index is 0.00931. The molecule has 1 atom stereocenters. The van der Waals surface area contributed by atoms with Crippen LogP contribution in [0.1, 0.15) is 53.6 Å². The van der Waals surface area contributed by atoms with Gasteiger partial charge in [0.25, 0.3) is 0 Å². The van der Waals surface area contributed by atoms with E-state index in [1.165, 1.54) is 4.31 Å². The van der Waals surface area contributed by atoms with Gasteiger partial charge in [0.15, 0.2) is 5.78 Å². The van der Waals surface area contributed by atoms with Crippen molar-refractivity contribution < 1.29 is 27.5 Å². The predicted octanol–water partition coefficient (Wildman–Crippen LogP) is 4.81. The lowest BCUT2D eigenvalue weighted by Gasteiger charge is -2.28. The molecule has 10 nitrogen and oxygen atoms in total. The number of carbonyl (C=O) groups is 3. The van der Waals surface area contributed by atoms with Crippen LogP contribution >= 0.6 is 0 Å². The molecule has 0 aromatic heterocycles. The summed E-state index contributed by atoms with van der Waals surface area (Å²) in [5, 5.41) is 6.07. The summed E-state index contributed by atoms with van der Waals surface area (Å²) in [6.07, 6.45) is 3.87. The Morgan fingerprint density at radius 2 is 1.77 bits per heavy atom. The number of anilines is 2. The van der Waals surface area contributed by atoms with Gasteiger partial charge in [-0.05, 0) is 104 Å². The maximum atomic E-state index is 13.9. The monoisotopic (exact) mass is 672 g/mol. The average Bonchev–Trinajstić information content (AvgIpc) is 3.48. The number of nitrogens with zero attached hydrogens (tertiary/aromatic N) is 1. The molecular weight excluding hydrogens is 628 g/mol. The third-order valence-electron chi connectivity index (χ3n) is 10.0. The summed E-state index contributed by atoms with van der Waals surface area (Å²) in [4.78, 5) is 39.8. The van der Waals surface area contributed by atoms with Crippen molar-refractivity contribution in [2.75, 3.05) is 50.0 Å². The Balaban J connectivity index is 1.24. The van der Waals surface area contributed by atoms with Crippen molar-refractivity contribution in [2.45, 2.75) is 50.3 Å². The van der Waals surface area contributed by atoms with E-state index in [4.69, 9.17) is 10.5 Å². The number of morpholine rings is 1. The molecule has 0 bridgehead atoms. The molecular formula is C37H44N4O6S. The number of nitrogens with two attached hydrogens (primary N) is 1. The van der Waals surface area contributed by atoms with E-state index in [0.29, 0.717) is 62.1 Å². The van der Waals surface area contributed by atoms with E-state index in [-0.39, 0.29) is 41.3 Å². The first-order valence-electron chi connectivity index (χ1n) is 16.8. The minimum atomic E-state index is -3.68. The number of amides is 1. The van der Waals surface area contributed by atoms with Gasteiger partial charge < -0.3 is 21.1 Å². The molecule has 4 N–H and O–H groups in total. The lowest BCUT2D eigenvalue weighted by Crippen LogP contribution is -2.40. The summed E-state index contributed by atoms with van der Waals surface area (Å²) in [5.41, 5.74) is 11.1. The largest absolute Gasteiger partial charge is 0.379 e. The van der Waals surface area contributed by atoms with Crippen LogP contribution in [0.3, 0.4) is 0 Å². The second-order valence-electron chi connectivity index (χ2n) is 13.2. The summed E-state index contributed by atoms with van der Waals surface area (Å²) in [6, 6.07) is 18.1. The lowest BCUT2D eigenvalue weighted by molar-refractivity contribution is -0.129. The van der Waals surface area contributed by atoms with Gasteiger partial charge >= 0.3 is 0 Å². The summed E-state index contributed by atoms with van der Waals surface area (Å²) >= 11 is 0.